The molecule has 14 nitrogen and oxygen atoms in total. The van der Waals surface area contributed by atoms with E-state index in [9.17, 15) is 15.3 Å². The number of aliphatic hydroxyl groups is 3. The summed E-state index contributed by atoms with van der Waals surface area (Å²) >= 11 is 0. The molecule has 0 aromatic carbocycles. The molecule has 0 amide bonds. The summed E-state index contributed by atoms with van der Waals surface area (Å²) in [4.78, 5) is 15.0. The molecule has 0 spiro atoms. The molecule has 0 aromatic heterocycles. The van der Waals surface area contributed by atoms with Gasteiger partial charge in [-0.15, -0.1) is 0 Å². The van der Waals surface area contributed by atoms with Crippen LogP contribution in [0, 0.1) is 41.4 Å². The number of hydrogen-bond acceptors (Lipinski definition) is 14. The van der Waals surface area contributed by atoms with E-state index in [0.29, 0.717) is 97.4 Å². The van der Waals surface area contributed by atoms with E-state index in [1.807, 2.05) is 6.92 Å². The smallest absolute Gasteiger partial charge is 0.0733 e. The highest BCUT2D eigenvalue weighted by Gasteiger charge is 2.34. The number of nitrogens with zero attached hydrogens (tertiary/aromatic N) is 6. The average molecular weight is 1100 g/mol. The number of aliphatic hydroxyl groups excluding tert-OH is 3. The normalized spacial score (nSPS) is 31.2. The summed E-state index contributed by atoms with van der Waals surface area (Å²) in [6.07, 6.45) is 7.58. The van der Waals surface area contributed by atoms with Crippen LogP contribution < -0.4 is 26.6 Å². The van der Waals surface area contributed by atoms with Gasteiger partial charge < -0.3 is 61.5 Å². The third-order valence-electron chi connectivity index (χ3n) is 17.3. The zero-order valence-electron chi connectivity index (χ0n) is 55.2. The Morgan fingerprint density at radius 3 is 1.29 bits per heavy atom. The second-order valence-electron chi connectivity index (χ2n) is 28.2. The molecule has 77 heavy (non-hydrogen) atoms. The Hall–Kier alpha value is -0.560. The molecule has 1 aliphatic heterocycles. The number of unbranched alkanes of at least 4 members (excludes halogenated alkanes) is 1. The molecular weight excluding hydrogens is 959 g/mol. The Bertz CT molecular complexity index is 1430. The highest BCUT2D eigenvalue weighted by atomic mass is 16.3. The minimum absolute atomic E-state index is 0.0290. The van der Waals surface area contributed by atoms with E-state index in [1.165, 1.54) is 0 Å². The first-order valence-electron chi connectivity index (χ1n) is 31.8. The predicted octanol–water partition coefficient (Wildman–Crippen LogP) is 7.08. The van der Waals surface area contributed by atoms with Gasteiger partial charge >= 0.3 is 0 Å². The topological polar surface area (TPSA) is 140 Å². The fourth-order valence-electron chi connectivity index (χ4n) is 12.3. The van der Waals surface area contributed by atoms with Crippen molar-refractivity contribution in [3.05, 3.63) is 0 Å². The summed E-state index contributed by atoms with van der Waals surface area (Å²) in [5, 5.41) is 54.8. The van der Waals surface area contributed by atoms with Crippen molar-refractivity contribution in [2.45, 2.75) is 248 Å². The van der Waals surface area contributed by atoms with Gasteiger partial charge in [-0.1, -0.05) is 110 Å². The monoisotopic (exact) mass is 1100 g/mol. The molecular formula is C63H137N11O3. The molecule has 0 bridgehead atoms. The maximum atomic E-state index is 12.3. The Morgan fingerprint density at radius 1 is 0.429 bits per heavy atom. The van der Waals surface area contributed by atoms with Crippen LogP contribution >= 0.6 is 0 Å². The van der Waals surface area contributed by atoms with Gasteiger partial charge in [0.1, 0.15) is 0 Å². The first-order valence-corrected chi connectivity index (χ1v) is 31.8. The van der Waals surface area contributed by atoms with Crippen molar-refractivity contribution in [3.8, 4) is 0 Å². The van der Waals surface area contributed by atoms with Crippen LogP contribution in [0.4, 0.5) is 0 Å². The van der Waals surface area contributed by atoms with Crippen molar-refractivity contribution >= 4 is 0 Å². The molecule has 14 heteroatoms. The van der Waals surface area contributed by atoms with Crippen LogP contribution in [0.2, 0.25) is 0 Å². The molecule has 0 radical (unpaired) electrons. The van der Waals surface area contributed by atoms with Gasteiger partial charge in [0.05, 0.1) is 18.8 Å². The van der Waals surface area contributed by atoms with Gasteiger partial charge in [-0.3, -0.25) is 9.80 Å². The first-order chi connectivity index (χ1) is 36.0. The zero-order valence-corrected chi connectivity index (χ0v) is 55.2. The summed E-state index contributed by atoms with van der Waals surface area (Å²) in [6.45, 7) is 48.6. The Morgan fingerprint density at radius 2 is 0.844 bits per heavy atom. The predicted molar refractivity (Wildman–Crippen MR) is 334 cm³/mol. The number of rotatable bonds is 18. The summed E-state index contributed by atoms with van der Waals surface area (Å²) in [6, 6.07) is 2.29. The van der Waals surface area contributed by atoms with Gasteiger partial charge in [0.25, 0.3) is 0 Å². The van der Waals surface area contributed by atoms with Crippen LogP contribution in [0.5, 0.6) is 0 Å². The minimum atomic E-state index is -0.629. The lowest BCUT2D eigenvalue weighted by Crippen LogP contribution is -2.59. The van der Waals surface area contributed by atoms with Crippen molar-refractivity contribution in [1.29, 1.82) is 0 Å². The molecule has 1 aliphatic rings. The lowest BCUT2D eigenvalue weighted by Gasteiger charge is -2.42. The summed E-state index contributed by atoms with van der Waals surface area (Å²) < 4.78 is 0. The quantitative estimate of drug-likeness (QED) is 0.0710. The van der Waals surface area contributed by atoms with Crippen LogP contribution in [0.3, 0.4) is 0 Å². The summed E-state index contributed by atoms with van der Waals surface area (Å²) in [7, 11) is 13.5. The van der Waals surface area contributed by atoms with E-state index < -0.39 is 12.2 Å². The minimum Gasteiger partial charge on any atom is -0.395 e. The van der Waals surface area contributed by atoms with Crippen LogP contribution in [-0.2, 0) is 0 Å². The van der Waals surface area contributed by atoms with Crippen LogP contribution in [0.25, 0.3) is 0 Å². The third-order valence-corrected chi connectivity index (χ3v) is 17.3. The van der Waals surface area contributed by atoms with Crippen molar-refractivity contribution in [3.63, 3.8) is 0 Å². The molecule has 0 unspecified atom stereocenters. The van der Waals surface area contributed by atoms with Gasteiger partial charge in [-0.25, -0.2) is 0 Å². The van der Waals surface area contributed by atoms with Gasteiger partial charge in [0.2, 0.25) is 0 Å². The molecule has 14 atom stereocenters. The second kappa shape index (κ2) is 39.8. The molecule has 0 aromatic rings. The maximum absolute atomic E-state index is 12.3. The van der Waals surface area contributed by atoms with Gasteiger partial charge in [0.15, 0.2) is 0 Å². The standard InChI is InChI=1S/C63H137N11O3/c1-24-25-26-50(14)63(77)61-36-68-60(53(17)76)41-72(21)59(43-75)40-71(20)58(31-48(10)11)35-66-54(27-44(2)3)38-70(19)56(29-46(6)7)33-65-51(15)32-64-52(16)37-69(18)57(30-47(8)9)34-67-55(28-45(4)5)39-73(22)62(49(12)13)42-74(61)23/h44-68,75-77H,24-43H2,1-23H3/t50-,51+,52-,53-,54+,55+,56+,57+,58+,59-,60+,61+,62-,63-/m1/s1. The van der Waals surface area contributed by atoms with Gasteiger partial charge in [0, 0.05) is 138 Å². The van der Waals surface area contributed by atoms with E-state index in [-0.39, 0.29) is 36.7 Å². The fourth-order valence-corrected chi connectivity index (χ4v) is 12.3. The second-order valence-corrected chi connectivity index (χ2v) is 28.2. The molecule has 0 aliphatic carbocycles. The lowest BCUT2D eigenvalue weighted by atomic mass is 9.91. The van der Waals surface area contributed by atoms with Crippen molar-refractivity contribution in [2.24, 2.45) is 41.4 Å². The van der Waals surface area contributed by atoms with Crippen molar-refractivity contribution in [2.75, 3.05) is 121 Å². The third kappa shape index (κ3) is 31.1. The SMILES string of the molecule is CCCC[C@@H](C)[C@@H](O)[C@@H]1CN[C@H]([C@@H](C)O)CN(C)[C@@H](CO)CN(C)[C@@H](CC(C)C)CN[C@@H](CC(C)C)CN(C)[C@@H](CC(C)C)CN[C@@H](C)CN[C@H](C)CN(C)[C@@H](CC(C)C)CN[C@@H](CC(C)C)CN(C)[C@@H](C(C)C)CN1C. The Labute approximate surface area is 479 Å². The highest BCUT2D eigenvalue weighted by molar-refractivity contribution is 4.92. The largest absolute Gasteiger partial charge is 0.395 e. The van der Waals surface area contributed by atoms with Crippen molar-refractivity contribution < 1.29 is 15.3 Å². The molecule has 462 valence electrons. The number of nitrogens with one attached hydrogen (secondary N) is 5. The van der Waals surface area contributed by atoms with Crippen LogP contribution in [0.15, 0.2) is 0 Å². The zero-order chi connectivity index (χ0) is 58.7. The van der Waals surface area contributed by atoms with Crippen LogP contribution in [0.1, 0.15) is 169 Å². The maximum Gasteiger partial charge on any atom is 0.0733 e. The van der Waals surface area contributed by atoms with E-state index in [4.69, 9.17) is 0 Å². The fraction of sp³-hybridized carbons (Fsp3) is 1.00. The van der Waals surface area contributed by atoms with E-state index in [1.54, 1.807) is 0 Å². The average Bonchev–Trinajstić information content (AvgIpc) is 3.32. The van der Waals surface area contributed by atoms with Crippen molar-refractivity contribution in [1.82, 2.24) is 56.0 Å². The Kier molecular flexibility index (Phi) is 38.5. The summed E-state index contributed by atoms with van der Waals surface area (Å²) in [5.74, 6) is 3.39. The first kappa shape index (κ1) is 74.5. The van der Waals surface area contributed by atoms with E-state index in [2.05, 4.69) is 209 Å². The molecule has 1 rings (SSSR count). The van der Waals surface area contributed by atoms with Gasteiger partial charge in [-0.05, 0) is 143 Å². The highest BCUT2D eigenvalue weighted by Crippen LogP contribution is 2.23. The number of hydrogen-bond donors (Lipinski definition) is 8. The van der Waals surface area contributed by atoms with E-state index >= 15 is 0 Å². The summed E-state index contributed by atoms with van der Waals surface area (Å²) in [5.41, 5.74) is 0. The Balaban J connectivity index is 3.83. The molecule has 0 saturated carbocycles. The molecule has 1 saturated heterocycles. The number of likely N-dealkylation sites (N-methyl/N-ethyl adjacent to an activating group) is 6. The van der Waals surface area contributed by atoms with Gasteiger partial charge in [-0.2, -0.15) is 0 Å². The van der Waals surface area contributed by atoms with E-state index in [0.717, 1.165) is 104 Å². The van der Waals surface area contributed by atoms with Crippen LogP contribution in [-0.4, -0.2) is 244 Å². The molecule has 1 fully saturated rings. The lowest BCUT2D eigenvalue weighted by molar-refractivity contribution is 0.00227. The molecule has 1 heterocycles. The molecule has 8 N–H and O–H groups in total.